The summed E-state index contributed by atoms with van der Waals surface area (Å²) in [4.78, 5) is 11.5. The zero-order chi connectivity index (χ0) is 10.7. The smallest absolute Gasteiger partial charge is 0.161 e. The molecule has 2 fully saturated rings. The van der Waals surface area contributed by atoms with Gasteiger partial charge in [-0.2, -0.15) is 0 Å². The van der Waals surface area contributed by atoms with Gasteiger partial charge < -0.3 is 9.84 Å². The Kier molecular flexibility index (Phi) is 3.76. The standard InChI is InChI=1S/C12H20O3/c13-11(12(14)9-6-7-9)5-1-3-10-4-2-8-15-10/h9-10,12,14H,1-8H2. The van der Waals surface area contributed by atoms with Crippen molar-refractivity contribution in [1.29, 1.82) is 0 Å². The van der Waals surface area contributed by atoms with Crippen LogP contribution in [0.3, 0.4) is 0 Å². The van der Waals surface area contributed by atoms with E-state index in [1.165, 1.54) is 0 Å². The minimum absolute atomic E-state index is 0.0375. The molecule has 1 saturated heterocycles. The largest absolute Gasteiger partial charge is 0.385 e. The summed E-state index contributed by atoms with van der Waals surface area (Å²) in [5.41, 5.74) is 0. The number of aliphatic hydroxyl groups excluding tert-OH is 1. The molecule has 2 atom stereocenters. The van der Waals surface area contributed by atoms with E-state index in [4.69, 9.17) is 4.74 Å². The zero-order valence-electron chi connectivity index (χ0n) is 9.15. The van der Waals surface area contributed by atoms with Gasteiger partial charge in [0.1, 0.15) is 6.10 Å². The highest BCUT2D eigenvalue weighted by Gasteiger charge is 2.33. The Morgan fingerprint density at radius 3 is 2.80 bits per heavy atom. The first-order valence-electron chi connectivity index (χ1n) is 6.10. The molecule has 1 saturated carbocycles. The molecule has 1 N–H and O–H groups in total. The lowest BCUT2D eigenvalue weighted by molar-refractivity contribution is -0.128. The van der Waals surface area contributed by atoms with Gasteiger partial charge in [-0.3, -0.25) is 4.79 Å². The van der Waals surface area contributed by atoms with Crippen LogP contribution in [0, 0.1) is 5.92 Å². The first-order valence-corrected chi connectivity index (χ1v) is 6.10. The monoisotopic (exact) mass is 212 g/mol. The molecule has 1 aliphatic heterocycles. The fourth-order valence-electron chi connectivity index (χ4n) is 2.20. The van der Waals surface area contributed by atoms with E-state index in [9.17, 15) is 9.90 Å². The molecule has 1 aliphatic carbocycles. The van der Waals surface area contributed by atoms with Crippen LogP contribution in [0.2, 0.25) is 0 Å². The molecule has 0 aromatic rings. The van der Waals surface area contributed by atoms with Crippen LogP contribution in [0.5, 0.6) is 0 Å². The van der Waals surface area contributed by atoms with Gasteiger partial charge in [0, 0.05) is 13.0 Å². The maximum absolute atomic E-state index is 11.5. The second kappa shape index (κ2) is 5.08. The summed E-state index contributed by atoms with van der Waals surface area (Å²) in [6.07, 6.45) is 6.42. The Morgan fingerprint density at radius 1 is 1.40 bits per heavy atom. The highest BCUT2D eigenvalue weighted by molar-refractivity contribution is 5.83. The number of carbonyl (C=O) groups is 1. The summed E-state index contributed by atoms with van der Waals surface area (Å²) < 4.78 is 5.48. The third-order valence-corrected chi connectivity index (χ3v) is 3.37. The third-order valence-electron chi connectivity index (χ3n) is 3.37. The maximum Gasteiger partial charge on any atom is 0.161 e. The van der Waals surface area contributed by atoms with Gasteiger partial charge in [0.2, 0.25) is 0 Å². The fourth-order valence-corrected chi connectivity index (χ4v) is 2.20. The molecule has 0 radical (unpaired) electrons. The van der Waals surface area contributed by atoms with Gasteiger partial charge in [-0.15, -0.1) is 0 Å². The van der Waals surface area contributed by atoms with Crippen molar-refractivity contribution in [1.82, 2.24) is 0 Å². The van der Waals surface area contributed by atoms with Crippen molar-refractivity contribution in [3.8, 4) is 0 Å². The predicted octanol–water partition coefficient (Wildman–Crippen LogP) is 1.68. The lowest BCUT2D eigenvalue weighted by Crippen LogP contribution is -2.22. The van der Waals surface area contributed by atoms with Gasteiger partial charge in [0.15, 0.2) is 5.78 Å². The van der Waals surface area contributed by atoms with Crippen LogP contribution < -0.4 is 0 Å². The second-order valence-corrected chi connectivity index (χ2v) is 4.78. The van der Waals surface area contributed by atoms with Gasteiger partial charge in [-0.25, -0.2) is 0 Å². The summed E-state index contributed by atoms with van der Waals surface area (Å²) >= 11 is 0. The molecule has 3 heteroatoms. The number of hydrogen-bond acceptors (Lipinski definition) is 3. The number of ketones is 1. The lowest BCUT2D eigenvalue weighted by Gasteiger charge is -2.10. The number of ether oxygens (including phenoxy) is 1. The average molecular weight is 212 g/mol. The van der Waals surface area contributed by atoms with Gasteiger partial charge in [0.25, 0.3) is 0 Å². The summed E-state index contributed by atoms with van der Waals surface area (Å²) in [6.45, 7) is 0.878. The van der Waals surface area contributed by atoms with Gasteiger partial charge >= 0.3 is 0 Å². The van der Waals surface area contributed by atoms with E-state index in [0.717, 1.165) is 45.1 Å². The molecule has 2 aliphatic rings. The van der Waals surface area contributed by atoms with Gasteiger partial charge in [0.05, 0.1) is 6.10 Å². The van der Waals surface area contributed by atoms with Crippen LogP contribution in [0.4, 0.5) is 0 Å². The van der Waals surface area contributed by atoms with Crippen molar-refractivity contribution in [2.45, 2.75) is 57.2 Å². The average Bonchev–Trinajstić information content (AvgIpc) is 2.96. The molecule has 0 aromatic heterocycles. The molecular formula is C12H20O3. The Morgan fingerprint density at radius 2 is 2.20 bits per heavy atom. The molecule has 86 valence electrons. The third kappa shape index (κ3) is 3.28. The first kappa shape index (κ1) is 11.1. The van der Waals surface area contributed by atoms with E-state index in [1.807, 2.05) is 0 Å². The fraction of sp³-hybridized carbons (Fsp3) is 0.917. The Hall–Kier alpha value is -0.410. The topological polar surface area (TPSA) is 46.5 Å². The lowest BCUT2D eigenvalue weighted by atomic mass is 10.0. The minimum atomic E-state index is -0.672. The van der Waals surface area contributed by atoms with E-state index in [1.54, 1.807) is 0 Å². The van der Waals surface area contributed by atoms with Gasteiger partial charge in [-0.1, -0.05) is 0 Å². The predicted molar refractivity (Wildman–Crippen MR) is 56.6 cm³/mol. The minimum Gasteiger partial charge on any atom is -0.385 e. The Balaban J connectivity index is 1.58. The number of aliphatic hydroxyl groups is 1. The molecule has 15 heavy (non-hydrogen) atoms. The van der Waals surface area contributed by atoms with Crippen molar-refractivity contribution in [3.05, 3.63) is 0 Å². The van der Waals surface area contributed by atoms with Crippen LogP contribution in [0.1, 0.15) is 44.9 Å². The van der Waals surface area contributed by atoms with Crippen molar-refractivity contribution < 1.29 is 14.6 Å². The highest BCUT2D eigenvalue weighted by atomic mass is 16.5. The van der Waals surface area contributed by atoms with E-state index in [-0.39, 0.29) is 11.7 Å². The number of rotatable bonds is 6. The quantitative estimate of drug-likeness (QED) is 0.728. The van der Waals surface area contributed by atoms with Crippen LogP contribution in [-0.4, -0.2) is 29.7 Å². The Labute approximate surface area is 90.8 Å². The van der Waals surface area contributed by atoms with E-state index >= 15 is 0 Å². The van der Waals surface area contributed by atoms with Gasteiger partial charge in [-0.05, 0) is 44.4 Å². The van der Waals surface area contributed by atoms with E-state index < -0.39 is 6.10 Å². The normalized spacial score (nSPS) is 27.9. The van der Waals surface area contributed by atoms with E-state index in [0.29, 0.717) is 12.5 Å². The molecule has 0 spiro atoms. The van der Waals surface area contributed by atoms with Crippen LogP contribution in [-0.2, 0) is 9.53 Å². The van der Waals surface area contributed by atoms with Crippen molar-refractivity contribution in [2.24, 2.45) is 5.92 Å². The molecule has 0 bridgehead atoms. The molecular weight excluding hydrogens is 192 g/mol. The summed E-state index contributed by atoms with van der Waals surface area (Å²) in [5, 5.41) is 9.57. The summed E-state index contributed by atoms with van der Waals surface area (Å²) in [7, 11) is 0. The first-order chi connectivity index (χ1) is 7.27. The number of Topliss-reactive ketones (excluding diaryl/α,β-unsaturated/α-hetero) is 1. The van der Waals surface area contributed by atoms with Crippen molar-refractivity contribution in [2.75, 3.05) is 6.61 Å². The molecule has 0 aromatic carbocycles. The van der Waals surface area contributed by atoms with E-state index in [2.05, 4.69) is 0 Å². The molecule has 1 heterocycles. The summed E-state index contributed by atoms with van der Waals surface area (Å²) in [6, 6.07) is 0. The Bertz CT molecular complexity index is 217. The van der Waals surface area contributed by atoms with Crippen LogP contribution in [0.25, 0.3) is 0 Å². The highest BCUT2D eigenvalue weighted by Crippen LogP contribution is 2.33. The zero-order valence-corrected chi connectivity index (χ0v) is 9.15. The molecule has 3 nitrogen and oxygen atoms in total. The summed E-state index contributed by atoms with van der Waals surface area (Å²) in [5.74, 6) is 0.315. The maximum atomic E-state index is 11.5. The van der Waals surface area contributed by atoms with Crippen LogP contribution in [0.15, 0.2) is 0 Å². The number of hydrogen-bond donors (Lipinski definition) is 1. The molecule has 2 rings (SSSR count). The van der Waals surface area contributed by atoms with Crippen LogP contribution >= 0.6 is 0 Å². The molecule has 0 amide bonds. The molecule has 2 unspecified atom stereocenters. The number of carbonyl (C=O) groups excluding carboxylic acids is 1. The van der Waals surface area contributed by atoms with Crippen molar-refractivity contribution >= 4 is 5.78 Å². The second-order valence-electron chi connectivity index (χ2n) is 4.78. The van der Waals surface area contributed by atoms with Crippen molar-refractivity contribution in [3.63, 3.8) is 0 Å². The SMILES string of the molecule is O=C(CCCC1CCCO1)C(O)C1CC1.